The summed E-state index contributed by atoms with van der Waals surface area (Å²) in [6, 6.07) is -0.920. The van der Waals surface area contributed by atoms with Crippen LogP contribution in [0.25, 0.3) is 0 Å². The molecule has 0 bridgehead atoms. The van der Waals surface area contributed by atoms with Crippen molar-refractivity contribution in [2.45, 2.75) is 32.2 Å². The minimum Gasteiger partial charge on any atom is -0.480 e. The molecule has 2 N–H and O–H groups in total. The summed E-state index contributed by atoms with van der Waals surface area (Å²) in [7, 11) is 0. The maximum atomic E-state index is 11.7. The third kappa shape index (κ3) is 3.25. The monoisotopic (exact) mass is 226 g/mol. The maximum absolute atomic E-state index is 11.7. The fraction of sp³-hybridized carbons (Fsp3) is 0.636. The Labute approximate surface area is 95.1 Å². The van der Waals surface area contributed by atoms with Gasteiger partial charge in [0.2, 0.25) is 0 Å². The van der Waals surface area contributed by atoms with Crippen LogP contribution in [0.3, 0.4) is 0 Å². The Morgan fingerprint density at radius 1 is 1.56 bits per heavy atom. The van der Waals surface area contributed by atoms with Gasteiger partial charge in [0.05, 0.1) is 0 Å². The van der Waals surface area contributed by atoms with E-state index in [1.807, 2.05) is 19.1 Å². The smallest absolute Gasteiger partial charge is 0.326 e. The lowest BCUT2D eigenvalue weighted by molar-refractivity contribution is -0.141. The second kappa shape index (κ2) is 6.15. The molecule has 0 aromatic rings. The molecule has 0 unspecified atom stereocenters. The van der Waals surface area contributed by atoms with Crippen LogP contribution in [0.5, 0.6) is 0 Å². The maximum Gasteiger partial charge on any atom is 0.326 e. The molecule has 1 atom stereocenters. The molecule has 2 amide bonds. The van der Waals surface area contributed by atoms with E-state index in [2.05, 4.69) is 5.32 Å². The number of rotatable bonds is 4. The molecular weight excluding hydrogens is 208 g/mol. The Balaban J connectivity index is 2.38. The van der Waals surface area contributed by atoms with E-state index in [1.165, 1.54) is 4.90 Å². The molecule has 1 aliphatic rings. The Kier molecular flexibility index (Phi) is 4.82. The largest absolute Gasteiger partial charge is 0.480 e. The molecule has 5 nitrogen and oxygen atoms in total. The standard InChI is InChI=1S/C11H18N2O3/c1-2-3-4-7-12-11(16)13-8-5-6-9(13)10(14)15/h2-3,9H,4-8H2,1H3,(H,12,16)(H,14,15)/b3-2+/t9-/m1/s1. The minimum atomic E-state index is -0.916. The molecule has 0 aromatic carbocycles. The number of carboxylic acids is 1. The molecule has 0 saturated carbocycles. The van der Waals surface area contributed by atoms with E-state index < -0.39 is 12.0 Å². The fourth-order valence-corrected chi connectivity index (χ4v) is 1.80. The van der Waals surface area contributed by atoms with Crippen molar-refractivity contribution in [2.75, 3.05) is 13.1 Å². The third-order valence-corrected chi connectivity index (χ3v) is 2.62. The summed E-state index contributed by atoms with van der Waals surface area (Å²) in [6.07, 6.45) is 5.96. The lowest BCUT2D eigenvalue weighted by Crippen LogP contribution is -2.46. The van der Waals surface area contributed by atoms with Gasteiger partial charge >= 0.3 is 12.0 Å². The van der Waals surface area contributed by atoms with Crippen molar-refractivity contribution in [3.63, 3.8) is 0 Å². The van der Waals surface area contributed by atoms with Gasteiger partial charge in [0.1, 0.15) is 6.04 Å². The number of carboxylic acid groups (broad SMARTS) is 1. The van der Waals surface area contributed by atoms with E-state index in [4.69, 9.17) is 5.11 Å². The van der Waals surface area contributed by atoms with Crippen LogP contribution < -0.4 is 5.32 Å². The highest BCUT2D eigenvalue weighted by atomic mass is 16.4. The first-order valence-electron chi connectivity index (χ1n) is 5.55. The molecule has 1 rings (SSSR count). The van der Waals surface area contributed by atoms with Crippen LogP contribution in [0.1, 0.15) is 26.2 Å². The summed E-state index contributed by atoms with van der Waals surface area (Å²) in [5.41, 5.74) is 0. The summed E-state index contributed by atoms with van der Waals surface area (Å²) in [5.74, 6) is -0.916. The second-order valence-corrected chi connectivity index (χ2v) is 3.78. The number of hydrogen-bond donors (Lipinski definition) is 2. The zero-order valence-electron chi connectivity index (χ0n) is 9.48. The van der Waals surface area contributed by atoms with Gasteiger partial charge in [-0.15, -0.1) is 0 Å². The topological polar surface area (TPSA) is 69.6 Å². The Morgan fingerprint density at radius 2 is 2.31 bits per heavy atom. The van der Waals surface area contributed by atoms with Crippen molar-refractivity contribution in [3.05, 3.63) is 12.2 Å². The van der Waals surface area contributed by atoms with Crippen LogP contribution in [-0.2, 0) is 4.79 Å². The first-order valence-corrected chi connectivity index (χ1v) is 5.55. The molecule has 1 fully saturated rings. The van der Waals surface area contributed by atoms with E-state index in [9.17, 15) is 9.59 Å². The van der Waals surface area contributed by atoms with Crippen LogP contribution in [0.2, 0.25) is 0 Å². The van der Waals surface area contributed by atoms with Crippen molar-refractivity contribution in [1.82, 2.24) is 10.2 Å². The van der Waals surface area contributed by atoms with E-state index in [1.54, 1.807) is 0 Å². The Hall–Kier alpha value is -1.52. The van der Waals surface area contributed by atoms with E-state index in [0.717, 1.165) is 12.8 Å². The molecule has 0 spiro atoms. The minimum absolute atomic E-state index is 0.269. The van der Waals surface area contributed by atoms with Gasteiger partial charge in [-0.25, -0.2) is 9.59 Å². The van der Waals surface area contributed by atoms with E-state index >= 15 is 0 Å². The Bertz CT molecular complexity index is 289. The predicted octanol–water partition coefficient (Wildman–Crippen LogP) is 1.21. The van der Waals surface area contributed by atoms with Gasteiger partial charge in [0.25, 0.3) is 0 Å². The number of nitrogens with zero attached hydrogens (tertiary/aromatic N) is 1. The average Bonchev–Trinajstić information content (AvgIpc) is 2.73. The van der Waals surface area contributed by atoms with Crippen molar-refractivity contribution in [3.8, 4) is 0 Å². The molecule has 0 aromatic heterocycles. The first-order chi connectivity index (χ1) is 7.66. The Morgan fingerprint density at radius 3 is 2.94 bits per heavy atom. The number of likely N-dealkylation sites (tertiary alicyclic amines) is 1. The van der Waals surface area contributed by atoms with Gasteiger partial charge in [-0.05, 0) is 26.2 Å². The normalized spacial score (nSPS) is 20.3. The summed E-state index contributed by atoms with van der Waals surface area (Å²) < 4.78 is 0. The summed E-state index contributed by atoms with van der Waals surface area (Å²) in [5, 5.41) is 11.6. The lowest BCUT2D eigenvalue weighted by atomic mass is 10.2. The first kappa shape index (κ1) is 12.5. The van der Waals surface area contributed by atoms with Gasteiger partial charge in [-0.1, -0.05) is 12.2 Å². The average molecular weight is 226 g/mol. The highest BCUT2D eigenvalue weighted by Gasteiger charge is 2.33. The molecular formula is C11H18N2O3. The number of hydrogen-bond acceptors (Lipinski definition) is 2. The van der Waals surface area contributed by atoms with Gasteiger partial charge in [0.15, 0.2) is 0 Å². The van der Waals surface area contributed by atoms with Gasteiger partial charge in [-0.2, -0.15) is 0 Å². The third-order valence-electron chi connectivity index (χ3n) is 2.62. The molecule has 1 aliphatic heterocycles. The zero-order chi connectivity index (χ0) is 12.0. The van der Waals surface area contributed by atoms with Gasteiger partial charge < -0.3 is 15.3 Å². The van der Waals surface area contributed by atoms with Crippen molar-refractivity contribution in [2.24, 2.45) is 0 Å². The molecule has 0 radical (unpaired) electrons. The SMILES string of the molecule is C/C=C/CCNC(=O)N1CCC[C@@H]1C(=O)O. The van der Waals surface area contributed by atoms with Crippen LogP contribution in [0.4, 0.5) is 4.79 Å². The number of allylic oxidation sites excluding steroid dienone is 1. The van der Waals surface area contributed by atoms with Crippen molar-refractivity contribution in [1.29, 1.82) is 0 Å². The fourth-order valence-electron chi connectivity index (χ4n) is 1.80. The predicted molar refractivity (Wildman–Crippen MR) is 60.2 cm³/mol. The number of urea groups is 1. The van der Waals surface area contributed by atoms with Crippen LogP contribution in [0.15, 0.2) is 12.2 Å². The van der Waals surface area contributed by atoms with Crippen LogP contribution in [0, 0.1) is 0 Å². The summed E-state index contributed by atoms with van der Waals surface area (Å²) in [6.45, 7) is 3.00. The number of nitrogens with one attached hydrogen (secondary N) is 1. The molecule has 1 saturated heterocycles. The van der Waals surface area contributed by atoms with Gasteiger partial charge in [-0.3, -0.25) is 0 Å². The van der Waals surface area contributed by atoms with Crippen LogP contribution >= 0.6 is 0 Å². The molecule has 16 heavy (non-hydrogen) atoms. The molecule has 1 heterocycles. The molecule has 0 aliphatic carbocycles. The highest BCUT2D eigenvalue weighted by Crippen LogP contribution is 2.17. The number of aliphatic carboxylic acids is 1. The van der Waals surface area contributed by atoms with Crippen molar-refractivity contribution < 1.29 is 14.7 Å². The van der Waals surface area contributed by atoms with E-state index in [-0.39, 0.29) is 6.03 Å². The van der Waals surface area contributed by atoms with Crippen LogP contribution in [-0.4, -0.2) is 41.1 Å². The summed E-state index contributed by atoms with van der Waals surface area (Å²) >= 11 is 0. The lowest BCUT2D eigenvalue weighted by Gasteiger charge is -2.21. The zero-order valence-corrected chi connectivity index (χ0v) is 9.48. The molecule has 90 valence electrons. The number of amides is 2. The van der Waals surface area contributed by atoms with E-state index in [0.29, 0.717) is 19.5 Å². The highest BCUT2D eigenvalue weighted by molar-refractivity contribution is 5.83. The quantitative estimate of drug-likeness (QED) is 0.559. The number of carbonyl (C=O) groups is 2. The van der Waals surface area contributed by atoms with Crippen molar-refractivity contribution >= 4 is 12.0 Å². The summed E-state index contributed by atoms with van der Waals surface area (Å²) in [4.78, 5) is 23.9. The number of carbonyl (C=O) groups excluding carboxylic acids is 1. The van der Waals surface area contributed by atoms with Gasteiger partial charge in [0, 0.05) is 13.1 Å². The molecule has 5 heteroatoms. The second-order valence-electron chi connectivity index (χ2n) is 3.78.